The van der Waals surface area contributed by atoms with Crippen molar-refractivity contribution >= 4 is 23.0 Å². The molecule has 0 saturated carbocycles. The highest BCUT2D eigenvalue weighted by Gasteiger charge is 2.13. The fraction of sp³-hybridized carbons (Fsp3) is 0.321. The van der Waals surface area contributed by atoms with Crippen molar-refractivity contribution in [1.82, 2.24) is 0 Å². The predicted molar refractivity (Wildman–Crippen MR) is 137 cm³/mol. The van der Waals surface area contributed by atoms with Crippen molar-refractivity contribution in [3.63, 3.8) is 0 Å². The Balaban J connectivity index is 1.62. The van der Waals surface area contributed by atoms with Crippen LogP contribution >= 0.6 is 0 Å². The number of non-ortho nitro benzene ring substituents is 1. The summed E-state index contributed by atoms with van der Waals surface area (Å²) in [7, 11) is 0. The highest BCUT2D eigenvalue weighted by atomic mass is 16.6. The highest BCUT2D eigenvalue weighted by molar-refractivity contribution is 5.91. The van der Waals surface area contributed by atoms with Gasteiger partial charge in [0.15, 0.2) is 0 Å². The quantitative estimate of drug-likeness (QED) is 0.0698. The number of benzene rings is 3. The molecule has 7 heteroatoms. The highest BCUT2D eigenvalue weighted by Crippen LogP contribution is 2.31. The maximum atomic E-state index is 12.7. The minimum Gasteiger partial charge on any atom is -0.423 e. The van der Waals surface area contributed by atoms with E-state index in [1.165, 1.54) is 55.5 Å². The number of nitro benzene ring substituents is 1. The molecular formula is C28H31N3O4. The van der Waals surface area contributed by atoms with Gasteiger partial charge in [0.2, 0.25) is 0 Å². The van der Waals surface area contributed by atoms with E-state index in [0.717, 1.165) is 24.0 Å². The zero-order valence-electron chi connectivity index (χ0n) is 20.5. The second kappa shape index (κ2) is 12.6. The van der Waals surface area contributed by atoms with Crippen molar-refractivity contribution in [2.24, 2.45) is 10.2 Å². The van der Waals surface area contributed by atoms with Gasteiger partial charge in [0.05, 0.1) is 21.9 Å². The van der Waals surface area contributed by atoms with E-state index in [0.29, 0.717) is 22.7 Å². The molecule has 7 nitrogen and oxygen atoms in total. The number of nitrogens with zero attached hydrogens (tertiary/aromatic N) is 3. The Hall–Kier alpha value is -3.87. The van der Waals surface area contributed by atoms with E-state index >= 15 is 0 Å². The third-order valence-electron chi connectivity index (χ3n) is 6.00. The number of ether oxygens (including phenoxy) is 1. The van der Waals surface area contributed by atoms with E-state index in [4.69, 9.17) is 4.74 Å². The summed E-state index contributed by atoms with van der Waals surface area (Å²) in [5.74, 6) is 0.0732. The first-order valence-corrected chi connectivity index (χ1v) is 12.0. The monoisotopic (exact) mass is 473 g/mol. The van der Waals surface area contributed by atoms with Crippen molar-refractivity contribution < 1.29 is 14.5 Å². The van der Waals surface area contributed by atoms with Gasteiger partial charge in [0.1, 0.15) is 5.75 Å². The Kier molecular flexibility index (Phi) is 9.23. The predicted octanol–water partition coefficient (Wildman–Crippen LogP) is 8.36. The van der Waals surface area contributed by atoms with Crippen molar-refractivity contribution in [2.75, 3.05) is 0 Å². The zero-order valence-corrected chi connectivity index (χ0v) is 20.5. The number of hydrogen-bond acceptors (Lipinski definition) is 6. The molecule has 0 heterocycles. The summed E-state index contributed by atoms with van der Waals surface area (Å²) in [6.07, 6.45) is 7.22. The van der Waals surface area contributed by atoms with E-state index in [9.17, 15) is 14.9 Å². The minimum absolute atomic E-state index is 0.000747. The van der Waals surface area contributed by atoms with Crippen LogP contribution in [0.15, 0.2) is 70.9 Å². The average molecular weight is 474 g/mol. The number of azo groups is 1. The molecule has 0 N–H and O–H groups in total. The van der Waals surface area contributed by atoms with Crippen LogP contribution in [0.5, 0.6) is 5.75 Å². The summed E-state index contributed by atoms with van der Waals surface area (Å²) in [6, 6.07) is 16.9. The van der Waals surface area contributed by atoms with Crippen LogP contribution in [0.4, 0.5) is 17.1 Å². The van der Waals surface area contributed by atoms with Crippen LogP contribution in [-0.4, -0.2) is 10.9 Å². The van der Waals surface area contributed by atoms with E-state index in [2.05, 4.69) is 17.2 Å². The molecule has 0 aliphatic heterocycles. The van der Waals surface area contributed by atoms with Gasteiger partial charge in [-0.15, -0.1) is 0 Å². The van der Waals surface area contributed by atoms with Gasteiger partial charge in [0, 0.05) is 12.1 Å². The molecule has 182 valence electrons. The van der Waals surface area contributed by atoms with Gasteiger partial charge >= 0.3 is 5.97 Å². The fourth-order valence-corrected chi connectivity index (χ4v) is 3.65. The van der Waals surface area contributed by atoms with Gasteiger partial charge in [-0.3, -0.25) is 10.1 Å². The summed E-state index contributed by atoms with van der Waals surface area (Å²) >= 11 is 0. The normalized spacial score (nSPS) is 11.1. The van der Waals surface area contributed by atoms with Gasteiger partial charge in [-0.05, 0) is 79.8 Å². The Morgan fingerprint density at radius 3 is 2.20 bits per heavy atom. The van der Waals surface area contributed by atoms with Crippen molar-refractivity contribution in [3.8, 4) is 5.75 Å². The Bertz CT molecular complexity index is 1190. The van der Waals surface area contributed by atoms with Gasteiger partial charge in [-0.1, -0.05) is 44.7 Å². The van der Waals surface area contributed by atoms with Crippen LogP contribution in [0.25, 0.3) is 0 Å². The zero-order chi connectivity index (χ0) is 25.2. The smallest absolute Gasteiger partial charge is 0.343 e. The number of hydrogen-bond donors (Lipinski definition) is 0. The first-order valence-electron chi connectivity index (χ1n) is 12.0. The summed E-state index contributed by atoms with van der Waals surface area (Å²) in [5, 5.41) is 19.2. The SMILES string of the molecule is CCCCCCCc1ccc(C(=O)Oc2ccc(N=Nc3ccc([N+](=O)[O-])cc3)c(C)c2C)cc1. The lowest BCUT2D eigenvalue weighted by Gasteiger charge is -2.11. The maximum absolute atomic E-state index is 12.7. The number of aryl methyl sites for hydroxylation is 1. The molecule has 0 saturated heterocycles. The van der Waals surface area contributed by atoms with Crippen LogP contribution in [-0.2, 0) is 6.42 Å². The van der Waals surface area contributed by atoms with Gasteiger partial charge in [0.25, 0.3) is 5.69 Å². The number of unbranched alkanes of at least 4 members (excludes halogenated alkanes) is 4. The third kappa shape index (κ3) is 7.30. The second-order valence-corrected chi connectivity index (χ2v) is 8.56. The molecule has 0 fully saturated rings. The van der Waals surface area contributed by atoms with Crippen LogP contribution in [0, 0.1) is 24.0 Å². The van der Waals surface area contributed by atoms with Crippen molar-refractivity contribution in [3.05, 3.63) is 93.0 Å². The Morgan fingerprint density at radius 1 is 0.857 bits per heavy atom. The first-order chi connectivity index (χ1) is 16.9. The molecule has 0 atom stereocenters. The number of carbonyl (C=O) groups is 1. The first kappa shape index (κ1) is 25.7. The third-order valence-corrected chi connectivity index (χ3v) is 6.00. The molecule has 3 rings (SSSR count). The van der Waals surface area contributed by atoms with Crippen LogP contribution in [0.1, 0.15) is 66.1 Å². The van der Waals surface area contributed by atoms with Gasteiger partial charge in [-0.25, -0.2) is 4.79 Å². The summed E-state index contributed by atoms with van der Waals surface area (Å²) < 4.78 is 5.66. The minimum atomic E-state index is -0.460. The van der Waals surface area contributed by atoms with E-state index in [1.807, 2.05) is 38.1 Å². The molecule has 0 amide bonds. The second-order valence-electron chi connectivity index (χ2n) is 8.56. The van der Waals surface area contributed by atoms with Crippen molar-refractivity contribution in [1.29, 1.82) is 0 Å². The molecule has 35 heavy (non-hydrogen) atoms. The average Bonchev–Trinajstić information content (AvgIpc) is 2.87. The van der Waals surface area contributed by atoms with Crippen LogP contribution < -0.4 is 4.74 Å². The summed E-state index contributed by atoms with van der Waals surface area (Å²) in [5.41, 5.74) is 4.50. The van der Waals surface area contributed by atoms with Crippen molar-refractivity contribution in [2.45, 2.75) is 59.3 Å². The molecule has 3 aromatic rings. The lowest BCUT2D eigenvalue weighted by Crippen LogP contribution is -2.09. The standard InChI is InChI=1S/C28H31N3O4/c1-4-5-6-7-8-9-22-10-12-23(13-11-22)28(32)35-27-19-18-26(20(2)21(27)3)30-29-24-14-16-25(17-15-24)31(33)34/h10-19H,4-9H2,1-3H3. The molecule has 0 spiro atoms. The largest absolute Gasteiger partial charge is 0.423 e. The van der Waals surface area contributed by atoms with Gasteiger partial charge < -0.3 is 4.74 Å². The van der Waals surface area contributed by atoms with E-state index in [1.54, 1.807) is 12.1 Å². The fourth-order valence-electron chi connectivity index (χ4n) is 3.65. The van der Waals surface area contributed by atoms with E-state index in [-0.39, 0.29) is 5.69 Å². The van der Waals surface area contributed by atoms with Crippen LogP contribution in [0.2, 0.25) is 0 Å². The summed E-state index contributed by atoms with van der Waals surface area (Å²) in [4.78, 5) is 23.0. The van der Waals surface area contributed by atoms with E-state index < -0.39 is 10.9 Å². The Morgan fingerprint density at radius 2 is 1.54 bits per heavy atom. The number of rotatable bonds is 11. The molecule has 0 aromatic heterocycles. The van der Waals surface area contributed by atoms with Gasteiger partial charge in [-0.2, -0.15) is 10.2 Å². The number of esters is 1. The number of nitro groups is 1. The molecular weight excluding hydrogens is 442 g/mol. The summed E-state index contributed by atoms with van der Waals surface area (Å²) in [6.45, 7) is 5.96. The lowest BCUT2D eigenvalue weighted by molar-refractivity contribution is -0.384. The molecule has 0 aliphatic carbocycles. The molecule has 0 radical (unpaired) electrons. The lowest BCUT2D eigenvalue weighted by atomic mass is 10.0. The molecule has 3 aromatic carbocycles. The number of carbonyl (C=O) groups excluding carboxylic acids is 1. The molecule has 0 bridgehead atoms. The Labute approximate surface area is 206 Å². The molecule has 0 unspecified atom stereocenters. The molecule has 0 aliphatic rings. The van der Waals surface area contributed by atoms with Crippen LogP contribution in [0.3, 0.4) is 0 Å². The topological polar surface area (TPSA) is 94.2 Å². The maximum Gasteiger partial charge on any atom is 0.343 e.